The summed E-state index contributed by atoms with van der Waals surface area (Å²) in [7, 11) is 0. The van der Waals surface area contributed by atoms with Gasteiger partial charge < -0.3 is 0 Å². The third kappa shape index (κ3) is 4.25. The predicted molar refractivity (Wildman–Crippen MR) is 41.5 cm³/mol. The van der Waals surface area contributed by atoms with Gasteiger partial charge in [0.2, 0.25) is 0 Å². The minimum atomic E-state index is 0. The van der Waals surface area contributed by atoms with Gasteiger partial charge in [-0.15, -0.1) is 0 Å². The first-order chi connectivity index (χ1) is 4.39. The molecule has 0 N–H and O–H groups in total. The minimum absolute atomic E-state index is 0. The number of rotatable bonds is 0. The molecule has 0 saturated carbocycles. The standard InChI is InChI=1S/C8H11Cl.Rh/c9-8-6-4-2-1-3-5-7-8;/h1-2,7H,3-6H2;. The molecule has 1 aliphatic carbocycles. The molecular weight excluding hydrogens is 234 g/mol. The molecule has 0 amide bonds. The quantitative estimate of drug-likeness (QED) is 0.454. The van der Waals surface area contributed by atoms with Crippen LogP contribution >= 0.6 is 11.6 Å². The van der Waals surface area contributed by atoms with Crippen LogP contribution in [0.1, 0.15) is 25.7 Å². The zero-order valence-electron chi connectivity index (χ0n) is 5.77. The largest absolute Gasteiger partial charge is 0.0895 e. The van der Waals surface area contributed by atoms with Gasteiger partial charge in [-0.25, -0.2) is 0 Å². The Morgan fingerprint density at radius 3 is 2.60 bits per heavy atom. The van der Waals surface area contributed by atoms with E-state index >= 15 is 0 Å². The Hall–Kier alpha value is 0.393. The molecule has 0 bridgehead atoms. The fraction of sp³-hybridized carbons (Fsp3) is 0.500. The van der Waals surface area contributed by atoms with Crippen LogP contribution in [0.3, 0.4) is 0 Å². The Balaban J connectivity index is 0.000000810. The molecule has 0 unspecified atom stereocenters. The third-order valence-electron chi connectivity index (χ3n) is 1.42. The maximum Gasteiger partial charge on any atom is 0.0144 e. The van der Waals surface area contributed by atoms with E-state index in [2.05, 4.69) is 18.2 Å². The van der Waals surface area contributed by atoms with Crippen molar-refractivity contribution >= 4 is 11.6 Å². The van der Waals surface area contributed by atoms with Crippen LogP contribution in [-0.2, 0) is 19.5 Å². The zero-order chi connectivity index (χ0) is 6.53. The van der Waals surface area contributed by atoms with E-state index < -0.39 is 0 Å². The molecule has 0 saturated heterocycles. The van der Waals surface area contributed by atoms with Crippen molar-refractivity contribution in [3.05, 3.63) is 23.3 Å². The van der Waals surface area contributed by atoms with Gasteiger partial charge in [0, 0.05) is 24.5 Å². The Kier molecular flexibility index (Phi) is 6.37. The van der Waals surface area contributed by atoms with Crippen LogP contribution in [0.25, 0.3) is 0 Å². The Morgan fingerprint density at radius 2 is 1.80 bits per heavy atom. The van der Waals surface area contributed by atoms with Crippen LogP contribution in [0.5, 0.6) is 0 Å². The predicted octanol–water partition coefficient (Wildman–Crippen LogP) is 3.24. The van der Waals surface area contributed by atoms with E-state index in [4.69, 9.17) is 11.6 Å². The second-order valence-corrected chi connectivity index (χ2v) is 2.72. The van der Waals surface area contributed by atoms with E-state index in [1.807, 2.05) is 0 Å². The van der Waals surface area contributed by atoms with Crippen molar-refractivity contribution in [2.45, 2.75) is 25.7 Å². The first kappa shape index (κ1) is 10.4. The van der Waals surface area contributed by atoms with Crippen LogP contribution in [-0.4, -0.2) is 0 Å². The van der Waals surface area contributed by atoms with Gasteiger partial charge in [0.15, 0.2) is 0 Å². The molecule has 0 atom stereocenters. The summed E-state index contributed by atoms with van der Waals surface area (Å²) in [5.41, 5.74) is 0. The van der Waals surface area contributed by atoms with Gasteiger partial charge in [0.05, 0.1) is 0 Å². The van der Waals surface area contributed by atoms with Gasteiger partial charge in [-0.1, -0.05) is 29.8 Å². The number of hydrogen-bond acceptors (Lipinski definition) is 0. The summed E-state index contributed by atoms with van der Waals surface area (Å²) in [5.74, 6) is 0. The summed E-state index contributed by atoms with van der Waals surface area (Å²) in [5, 5.41) is 1.03. The molecular formula is C8H11ClRh. The Morgan fingerprint density at radius 1 is 1.10 bits per heavy atom. The van der Waals surface area contributed by atoms with Crippen molar-refractivity contribution in [3.8, 4) is 0 Å². The summed E-state index contributed by atoms with van der Waals surface area (Å²) in [6, 6.07) is 0. The molecule has 2 heteroatoms. The minimum Gasteiger partial charge on any atom is -0.0895 e. The van der Waals surface area contributed by atoms with Crippen molar-refractivity contribution in [1.29, 1.82) is 0 Å². The summed E-state index contributed by atoms with van der Waals surface area (Å²) < 4.78 is 0. The van der Waals surface area contributed by atoms with Crippen molar-refractivity contribution in [1.82, 2.24) is 0 Å². The molecule has 0 heterocycles. The van der Waals surface area contributed by atoms with E-state index in [0.29, 0.717) is 0 Å². The van der Waals surface area contributed by atoms with Crippen LogP contribution in [0.15, 0.2) is 23.3 Å². The van der Waals surface area contributed by atoms with Crippen LogP contribution < -0.4 is 0 Å². The van der Waals surface area contributed by atoms with E-state index in [1.165, 1.54) is 0 Å². The molecule has 0 aromatic carbocycles. The van der Waals surface area contributed by atoms with E-state index in [0.717, 1.165) is 30.7 Å². The molecule has 0 aliphatic heterocycles. The van der Waals surface area contributed by atoms with Gasteiger partial charge in [-0.05, 0) is 25.7 Å². The molecule has 1 aliphatic rings. The smallest absolute Gasteiger partial charge is 0.0144 e. The SMILES string of the molecule is ClC1=CCCC=CCC1.[Rh]. The average Bonchev–Trinajstić information content (AvgIpc) is 1.79. The molecule has 10 heavy (non-hydrogen) atoms. The molecule has 1 rings (SSSR count). The molecule has 59 valence electrons. The second kappa shape index (κ2) is 6.13. The van der Waals surface area contributed by atoms with Crippen molar-refractivity contribution in [2.24, 2.45) is 0 Å². The van der Waals surface area contributed by atoms with Crippen LogP contribution in [0.2, 0.25) is 0 Å². The molecule has 0 spiro atoms. The van der Waals surface area contributed by atoms with Crippen molar-refractivity contribution in [3.63, 3.8) is 0 Å². The average molecular weight is 246 g/mol. The van der Waals surface area contributed by atoms with E-state index in [1.54, 1.807) is 0 Å². The molecule has 1 radical (unpaired) electrons. The maximum absolute atomic E-state index is 5.82. The number of hydrogen-bond donors (Lipinski definition) is 0. The fourth-order valence-corrected chi connectivity index (χ4v) is 1.11. The summed E-state index contributed by atoms with van der Waals surface area (Å²) >= 11 is 5.82. The van der Waals surface area contributed by atoms with Gasteiger partial charge in [0.1, 0.15) is 0 Å². The number of allylic oxidation sites excluding steroid dienone is 4. The first-order valence-electron chi connectivity index (χ1n) is 3.39. The topological polar surface area (TPSA) is 0 Å². The second-order valence-electron chi connectivity index (χ2n) is 2.24. The maximum atomic E-state index is 5.82. The van der Waals surface area contributed by atoms with E-state index in [9.17, 15) is 0 Å². The Bertz CT molecular complexity index is 138. The van der Waals surface area contributed by atoms with Gasteiger partial charge >= 0.3 is 0 Å². The fourth-order valence-electron chi connectivity index (χ4n) is 0.895. The Labute approximate surface area is 80.1 Å². The van der Waals surface area contributed by atoms with Crippen molar-refractivity contribution in [2.75, 3.05) is 0 Å². The summed E-state index contributed by atoms with van der Waals surface area (Å²) in [4.78, 5) is 0. The first-order valence-corrected chi connectivity index (χ1v) is 3.77. The molecule has 0 fully saturated rings. The van der Waals surface area contributed by atoms with Crippen LogP contribution in [0, 0.1) is 0 Å². The third-order valence-corrected chi connectivity index (χ3v) is 1.76. The van der Waals surface area contributed by atoms with Gasteiger partial charge in [-0.2, -0.15) is 0 Å². The number of halogens is 1. The van der Waals surface area contributed by atoms with Gasteiger partial charge in [0.25, 0.3) is 0 Å². The molecule has 0 aromatic rings. The summed E-state index contributed by atoms with van der Waals surface area (Å²) in [6.07, 6.45) is 10.9. The monoisotopic (exact) mass is 245 g/mol. The molecule has 0 aromatic heterocycles. The normalized spacial score (nSPS) is 18.3. The molecule has 0 nitrogen and oxygen atoms in total. The zero-order valence-corrected chi connectivity index (χ0v) is 8.17. The summed E-state index contributed by atoms with van der Waals surface area (Å²) in [6.45, 7) is 0. The van der Waals surface area contributed by atoms with Crippen LogP contribution in [0.4, 0.5) is 0 Å². The van der Waals surface area contributed by atoms with E-state index in [-0.39, 0.29) is 19.5 Å². The van der Waals surface area contributed by atoms with Gasteiger partial charge in [-0.3, -0.25) is 0 Å². The van der Waals surface area contributed by atoms with Crippen molar-refractivity contribution < 1.29 is 19.5 Å².